The molecule has 2 fully saturated rings. The van der Waals surface area contributed by atoms with Crippen LogP contribution in [0.3, 0.4) is 0 Å². The molecule has 2 saturated carbocycles. The zero-order chi connectivity index (χ0) is 15.5. The summed E-state index contributed by atoms with van der Waals surface area (Å²) in [7, 11) is 0. The van der Waals surface area contributed by atoms with Gasteiger partial charge in [0.15, 0.2) is 0 Å². The van der Waals surface area contributed by atoms with Gasteiger partial charge in [-0.25, -0.2) is 0 Å². The highest BCUT2D eigenvalue weighted by atomic mass is 16.5. The molecule has 0 saturated heterocycles. The largest absolute Gasteiger partial charge is 0.465 e. The van der Waals surface area contributed by atoms with Crippen molar-refractivity contribution in [2.24, 2.45) is 17.1 Å². The van der Waals surface area contributed by atoms with Gasteiger partial charge in [0.25, 0.3) is 0 Å². The van der Waals surface area contributed by atoms with E-state index >= 15 is 0 Å². The van der Waals surface area contributed by atoms with E-state index in [1.807, 2.05) is 0 Å². The SMILES string of the molecule is CCOC(=O)CN(C(=O)C1(CN)CCC(C)CC1)C1CC1. The maximum atomic E-state index is 13.0. The molecule has 2 aliphatic rings. The van der Waals surface area contributed by atoms with Crippen LogP contribution in [-0.4, -0.2) is 42.5 Å². The van der Waals surface area contributed by atoms with Crippen molar-refractivity contribution >= 4 is 11.9 Å². The first-order valence-electron chi connectivity index (χ1n) is 8.19. The Hall–Kier alpha value is -1.10. The van der Waals surface area contributed by atoms with E-state index in [0.29, 0.717) is 19.1 Å². The van der Waals surface area contributed by atoms with Crippen molar-refractivity contribution in [1.29, 1.82) is 0 Å². The van der Waals surface area contributed by atoms with Gasteiger partial charge in [0.05, 0.1) is 12.0 Å². The van der Waals surface area contributed by atoms with Gasteiger partial charge in [0.1, 0.15) is 6.54 Å². The average molecular weight is 296 g/mol. The third kappa shape index (κ3) is 3.76. The average Bonchev–Trinajstić information content (AvgIpc) is 3.30. The van der Waals surface area contributed by atoms with E-state index in [1.165, 1.54) is 0 Å². The number of hydrogen-bond acceptors (Lipinski definition) is 4. The predicted octanol–water partition coefficient (Wildman–Crippen LogP) is 1.70. The Balaban J connectivity index is 2.07. The lowest BCUT2D eigenvalue weighted by Gasteiger charge is -2.40. The normalized spacial score (nSPS) is 29.0. The highest BCUT2D eigenvalue weighted by Gasteiger charge is 2.46. The van der Waals surface area contributed by atoms with Crippen LogP contribution in [0.25, 0.3) is 0 Å². The van der Waals surface area contributed by atoms with Gasteiger partial charge in [-0.2, -0.15) is 0 Å². The van der Waals surface area contributed by atoms with Crippen molar-refractivity contribution in [2.45, 2.75) is 58.4 Å². The molecule has 2 rings (SSSR count). The molecule has 0 spiro atoms. The molecular weight excluding hydrogens is 268 g/mol. The molecule has 1 amide bonds. The Labute approximate surface area is 127 Å². The molecule has 0 aliphatic heterocycles. The van der Waals surface area contributed by atoms with Gasteiger partial charge in [-0.3, -0.25) is 9.59 Å². The first-order chi connectivity index (χ1) is 10.0. The van der Waals surface area contributed by atoms with E-state index in [1.54, 1.807) is 11.8 Å². The molecule has 0 heterocycles. The molecular formula is C16H28N2O3. The third-order valence-corrected chi connectivity index (χ3v) is 4.93. The summed E-state index contributed by atoms with van der Waals surface area (Å²) in [4.78, 5) is 26.5. The lowest BCUT2D eigenvalue weighted by Crippen LogP contribution is -2.52. The Bertz CT molecular complexity index is 385. The van der Waals surface area contributed by atoms with Crippen LogP contribution in [0, 0.1) is 11.3 Å². The van der Waals surface area contributed by atoms with Gasteiger partial charge >= 0.3 is 5.97 Å². The number of amides is 1. The van der Waals surface area contributed by atoms with E-state index in [9.17, 15) is 9.59 Å². The predicted molar refractivity (Wildman–Crippen MR) is 80.5 cm³/mol. The molecule has 0 bridgehead atoms. The van der Waals surface area contributed by atoms with Crippen LogP contribution >= 0.6 is 0 Å². The Kier molecular flexibility index (Phi) is 5.25. The van der Waals surface area contributed by atoms with Gasteiger partial charge in [0.2, 0.25) is 5.91 Å². The Morgan fingerprint density at radius 1 is 1.24 bits per heavy atom. The van der Waals surface area contributed by atoms with Crippen LogP contribution < -0.4 is 5.73 Å². The van der Waals surface area contributed by atoms with Crippen LogP contribution in [0.15, 0.2) is 0 Å². The molecule has 0 aromatic heterocycles. The van der Waals surface area contributed by atoms with Crippen molar-refractivity contribution in [3.8, 4) is 0 Å². The Morgan fingerprint density at radius 3 is 2.33 bits per heavy atom. The highest BCUT2D eigenvalue weighted by molar-refractivity contribution is 5.87. The van der Waals surface area contributed by atoms with Crippen LogP contribution in [0.2, 0.25) is 0 Å². The van der Waals surface area contributed by atoms with Crippen molar-refractivity contribution < 1.29 is 14.3 Å². The maximum Gasteiger partial charge on any atom is 0.325 e. The zero-order valence-corrected chi connectivity index (χ0v) is 13.3. The van der Waals surface area contributed by atoms with Gasteiger partial charge in [-0.05, 0) is 51.4 Å². The van der Waals surface area contributed by atoms with Crippen LogP contribution in [0.4, 0.5) is 0 Å². The van der Waals surface area contributed by atoms with E-state index < -0.39 is 5.41 Å². The van der Waals surface area contributed by atoms with E-state index in [-0.39, 0.29) is 24.5 Å². The van der Waals surface area contributed by atoms with Crippen molar-refractivity contribution in [3.05, 3.63) is 0 Å². The van der Waals surface area contributed by atoms with Crippen molar-refractivity contribution in [2.75, 3.05) is 19.7 Å². The second-order valence-corrected chi connectivity index (χ2v) is 6.64. The fraction of sp³-hybridized carbons (Fsp3) is 0.875. The second-order valence-electron chi connectivity index (χ2n) is 6.64. The topological polar surface area (TPSA) is 72.6 Å². The molecule has 21 heavy (non-hydrogen) atoms. The quantitative estimate of drug-likeness (QED) is 0.757. The second kappa shape index (κ2) is 6.77. The fourth-order valence-electron chi connectivity index (χ4n) is 3.22. The number of ether oxygens (including phenoxy) is 1. The summed E-state index contributed by atoms with van der Waals surface area (Å²) in [5.41, 5.74) is 5.51. The summed E-state index contributed by atoms with van der Waals surface area (Å²) in [5, 5.41) is 0. The van der Waals surface area contributed by atoms with E-state index in [0.717, 1.165) is 38.5 Å². The maximum absolute atomic E-state index is 13.0. The molecule has 0 atom stereocenters. The van der Waals surface area contributed by atoms with Gasteiger partial charge < -0.3 is 15.4 Å². The smallest absolute Gasteiger partial charge is 0.325 e. The van der Waals surface area contributed by atoms with Crippen LogP contribution in [0.1, 0.15) is 52.4 Å². The number of rotatable bonds is 6. The standard InChI is InChI=1S/C16H28N2O3/c1-3-21-14(19)10-18(13-4-5-13)15(20)16(11-17)8-6-12(2)7-9-16/h12-13H,3-11,17H2,1-2H3. The number of carbonyl (C=O) groups is 2. The van der Waals surface area contributed by atoms with E-state index in [2.05, 4.69) is 6.92 Å². The number of esters is 1. The minimum absolute atomic E-state index is 0.0763. The molecule has 2 aliphatic carbocycles. The van der Waals surface area contributed by atoms with Gasteiger partial charge in [0, 0.05) is 12.6 Å². The van der Waals surface area contributed by atoms with Gasteiger partial charge in [-0.15, -0.1) is 0 Å². The molecule has 0 aromatic carbocycles. The summed E-state index contributed by atoms with van der Waals surface area (Å²) in [5.74, 6) is 0.429. The number of nitrogens with two attached hydrogens (primary N) is 1. The van der Waals surface area contributed by atoms with Crippen molar-refractivity contribution in [1.82, 2.24) is 4.90 Å². The first-order valence-corrected chi connectivity index (χ1v) is 8.19. The Morgan fingerprint density at radius 2 is 1.86 bits per heavy atom. The van der Waals surface area contributed by atoms with Crippen molar-refractivity contribution in [3.63, 3.8) is 0 Å². The molecule has 0 radical (unpaired) electrons. The van der Waals surface area contributed by atoms with Crippen LogP contribution in [0.5, 0.6) is 0 Å². The monoisotopic (exact) mass is 296 g/mol. The molecule has 120 valence electrons. The molecule has 0 unspecified atom stereocenters. The summed E-state index contributed by atoms with van der Waals surface area (Å²) < 4.78 is 5.01. The molecule has 0 aromatic rings. The lowest BCUT2D eigenvalue weighted by atomic mass is 9.70. The van der Waals surface area contributed by atoms with Crippen LogP contribution in [-0.2, 0) is 14.3 Å². The number of hydrogen-bond donors (Lipinski definition) is 1. The summed E-state index contributed by atoms with van der Waals surface area (Å²) in [6, 6.07) is 0.213. The molecule has 5 nitrogen and oxygen atoms in total. The lowest BCUT2D eigenvalue weighted by molar-refractivity contribution is -0.154. The fourth-order valence-corrected chi connectivity index (χ4v) is 3.22. The molecule has 2 N–H and O–H groups in total. The summed E-state index contributed by atoms with van der Waals surface area (Å²) in [6.07, 6.45) is 5.75. The zero-order valence-electron chi connectivity index (χ0n) is 13.3. The number of nitrogens with zero attached hydrogens (tertiary/aromatic N) is 1. The summed E-state index contributed by atoms with van der Waals surface area (Å²) in [6.45, 7) is 4.82. The molecule has 5 heteroatoms. The first kappa shape index (κ1) is 16.3. The summed E-state index contributed by atoms with van der Waals surface area (Å²) >= 11 is 0. The highest BCUT2D eigenvalue weighted by Crippen LogP contribution is 2.41. The number of carbonyl (C=O) groups excluding carboxylic acids is 2. The van der Waals surface area contributed by atoms with E-state index in [4.69, 9.17) is 10.5 Å². The van der Waals surface area contributed by atoms with Gasteiger partial charge in [-0.1, -0.05) is 6.92 Å². The third-order valence-electron chi connectivity index (χ3n) is 4.93. The minimum Gasteiger partial charge on any atom is -0.465 e. The minimum atomic E-state index is -0.457.